The first-order valence-electron chi connectivity index (χ1n) is 7.52. The lowest BCUT2D eigenvalue weighted by Gasteiger charge is -2.31. The van der Waals surface area contributed by atoms with Gasteiger partial charge in [0.1, 0.15) is 5.75 Å². The smallest absolute Gasteiger partial charge is 0.139 e. The zero-order valence-electron chi connectivity index (χ0n) is 12.9. The molecule has 0 unspecified atom stereocenters. The van der Waals surface area contributed by atoms with E-state index in [0.29, 0.717) is 11.5 Å². The average molecular weight is 277 g/mol. The monoisotopic (exact) mass is 277 g/mol. The Morgan fingerprint density at radius 3 is 2.65 bits per heavy atom. The second-order valence-electron chi connectivity index (χ2n) is 6.86. The molecule has 0 bridgehead atoms. The van der Waals surface area contributed by atoms with Gasteiger partial charge >= 0.3 is 0 Å². The van der Waals surface area contributed by atoms with E-state index in [0.717, 1.165) is 50.4 Å². The summed E-state index contributed by atoms with van der Waals surface area (Å²) >= 11 is 0. The quantitative estimate of drug-likeness (QED) is 0.919. The lowest BCUT2D eigenvalue weighted by Crippen LogP contribution is -2.39. The Morgan fingerprint density at radius 1 is 1.30 bits per heavy atom. The Kier molecular flexibility index (Phi) is 4.86. The van der Waals surface area contributed by atoms with E-state index >= 15 is 0 Å². The van der Waals surface area contributed by atoms with Crippen LogP contribution < -0.4 is 15.4 Å². The molecule has 112 valence electrons. The zero-order chi connectivity index (χ0) is 14.6. The van der Waals surface area contributed by atoms with Gasteiger partial charge in [-0.25, -0.2) is 0 Å². The summed E-state index contributed by atoms with van der Waals surface area (Å²) in [6, 6.07) is 2.44. The van der Waals surface area contributed by atoms with E-state index in [1.165, 1.54) is 0 Å². The Bertz CT molecular complexity index is 420. The third-order valence-corrected chi connectivity index (χ3v) is 3.72. The van der Waals surface area contributed by atoms with Crippen LogP contribution in [0.25, 0.3) is 0 Å². The molecule has 1 saturated heterocycles. The van der Waals surface area contributed by atoms with Gasteiger partial charge in [0.25, 0.3) is 0 Å². The molecule has 1 aromatic heterocycles. The van der Waals surface area contributed by atoms with E-state index in [1.807, 2.05) is 6.20 Å². The molecule has 1 aliphatic heterocycles. The van der Waals surface area contributed by atoms with Crippen molar-refractivity contribution in [2.75, 3.05) is 24.6 Å². The van der Waals surface area contributed by atoms with E-state index in [4.69, 9.17) is 10.5 Å². The van der Waals surface area contributed by atoms with Crippen molar-refractivity contribution in [2.45, 2.75) is 46.1 Å². The molecule has 0 aliphatic carbocycles. The van der Waals surface area contributed by atoms with Crippen LogP contribution in [0.3, 0.4) is 0 Å². The van der Waals surface area contributed by atoms with Crippen LogP contribution in [-0.2, 0) is 0 Å². The lowest BCUT2D eigenvalue weighted by atomic mass is 9.93. The molecule has 2 heterocycles. The fourth-order valence-corrected chi connectivity index (χ4v) is 2.29. The maximum atomic E-state index is 5.94. The molecule has 2 N–H and O–H groups in total. The molecule has 1 aliphatic rings. The minimum atomic E-state index is 0.300. The maximum absolute atomic E-state index is 5.94. The average Bonchev–Trinajstić information content (AvgIpc) is 2.38. The van der Waals surface area contributed by atoms with Gasteiger partial charge in [0, 0.05) is 25.2 Å². The van der Waals surface area contributed by atoms with Crippen molar-refractivity contribution in [3.63, 3.8) is 0 Å². The molecule has 4 nitrogen and oxygen atoms in total. The maximum Gasteiger partial charge on any atom is 0.139 e. The number of anilines is 1. The van der Waals surface area contributed by atoms with Crippen molar-refractivity contribution in [2.24, 2.45) is 11.1 Å². The normalized spacial score (nSPS) is 17.3. The van der Waals surface area contributed by atoms with Crippen molar-refractivity contribution < 1.29 is 4.74 Å². The Balaban J connectivity index is 1.91. The summed E-state index contributed by atoms with van der Waals surface area (Å²) in [6.45, 7) is 9.42. The minimum Gasteiger partial charge on any atom is -0.492 e. The fraction of sp³-hybridized carbons (Fsp3) is 0.688. The number of rotatable bonds is 4. The van der Waals surface area contributed by atoms with Gasteiger partial charge in [-0.15, -0.1) is 0 Å². The third kappa shape index (κ3) is 4.67. The van der Waals surface area contributed by atoms with E-state index < -0.39 is 0 Å². The van der Waals surface area contributed by atoms with E-state index in [2.05, 4.69) is 36.7 Å². The van der Waals surface area contributed by atoms with Crippen LogP contribution >= 0.6 is 0 Å². The summed E-state index contributed by atoms with van der Waals surface area (Å²) < 4.78 is 5.82. The molecule has 0 saturated carbocycles. The Labute approximate surface area is 122 Å². The number of nitrogens with two attached hydrogens (primary N) is 1. The highest BCUT2D eigenvalue weighted by molar-refractivity contribution is 5.48. The van der Waals surface area contributed by atoms with Crippen molar-refractivity contribution in [1.29, 1.82) is 0 Å². The van der Waals surface area contributed by atoms with Gasteiger partial charge in [-0.2, -0.15) is 0 Å². The number of hydrogen-bond donors (Lipinski definition) is 1. The number of ether oxygens (including phenoxy) is 1. The van der Waals surface area contributed by atoms with Crippen LogP contribution in [0.4, 0.5) is 5.69 Å². The third-order valence-electron chi connectivity index (χ3n) is 3.72. The number of aromatic nitrogens is 1. The van der Waals surface area contributed by atoms with Crippen LogP contribution in [0, 0.1) is 5.41 Å². The standard InChI is InChI=1S/C16H27N3O/c1-16(2,3)6-9-20-15-10-14(11-18-12-15)19-7-4-13(17)5-8-19/h10-13H,4-9,17H2,1-3H3. The topological polar surface area (TPSA) is 51.4 Å². The first-order valence-corrected chi connectivity index (χ1v) is 7.52. The summed E-state index contributed by atoms with van der Waals surface area (Å²) in [6.07, 6.45) is 6.84. The molecule has 1 aromatic rings. The van der Waals surface area contributed by atoms with E-state index in [-0.39, 0.29) is 0 Å². The number of nitrogens with zero attached hydrogens (tertiary/aromatic N) is 2. The van der Waals surface area contributed by atoms with Gasteiger partial charge < -0.3 is 15.4 Å². The van der Waals surface area contributed by atoms with Crippen molar-refractivity contribution in [3.05, 3.63) is 18.5 Å². The number of piperidine rings is 1. The number of pyridine rings is 1. The predicted molar refractivity (Wildman–Crippen MR) is 83.2 cm³/mol. The molecule has 2 rings (SSSR count). The van der Waals surface area contributed by atoms with Crippen LogP contribution in [0.2, 0.25) is 0 Å². The highest BCUT2D eigenvalue weighted by Crippen LogP contribution is 2.24. The highest BCUT2D eigenvalue weighted by Gasteiger charge is 2.17. The van der Waals surface area contributed by atoms with Gasteiger partial charge in [-0.1, -0.05) is 20.8 Å². The molecule has 0 aromatic carbocycles. The van der Waals surface area contributed by atoms with Crippen molar-refractivity contribution in [1.82, 2.24) is 4.98 Å². The number of hydrogen-bond acceptors (Lipinski definition) is 4. The van der Waals surface area contributed by atoms with Crippen LogP contribution in [-0.4, -0.2) is 30.7 Å². The van der Waals surface area contributed by atoms with Crippen molar-refractivity contribution in [3.8, 4) is 5.75 Å². The first-order chi connectivity index (χ1) is 9.44. The molecule has 0 atom stereocenters. The summed E-state index contributed by atoms with van der Waals surface area (Å²) in [5, 5.41) is 0. The second kappa shape index (κ2) is 6.44. The fourth-order valence-electron chi connectivity index (χ4n) is 2.29. The SMILES string of the molecule is CC(C)(C)CCOc1cncc(N2CCC(N)CC2)c1. The molecule has 0 spiro atoms. The van der Waals surface area contributed by atoms with Gasteiger partial charge in [-0.05, 0) is 24.7 Å². The lowest BCUT2D eigenvalue weighted by molar-refractivity contribution is 0.242. The van der Waals surface area contributed by atoms with Gasteiger partial charge in [0.2, 0.25) is 0 Å². The van der Waals surface area contributed by atoms with Gasteiger partial charge in [0.05, 0.1) is 24.7 Å². The molecular formula is C16H27N3O. The molecule has 4 heteroatoms. The predicted octanol–water partition coefficient (Wildman–Crippen LogP) is 2.82. The van der Waals surface area contributed by atoms with Crippen molar-refractivity contribution >= 4 is 5.69 Å². The van der Waals surface area contributed by atoms with Gasteiger partial charge in [-0.3, -0.25) is 4.98 Å². The van der Waals surface area contributed by atoms with Crippen LogP contribution in [0.15, 0.2) is 18.5 Å². The summed E-state index contributed by atoms with van der Waals surface area (Å²) in [5.41, 5.74) is 7.39. The van der Waals surface area contributed by atoms with Crippen LogP contribution in [0.1, 0.15) is 40.0 Å². The summed E-state index contributed by atoms with van der Waals surface area (Å²) in [7, 11) is 0. The molecule has 0 radical (unpaired) electrons. The Morgan fingerprint density at radius 2 is 2.00 bits per heavy atom. The Hall–Kier alpha value is -1.29. The largest absolute Gasteiger partial charge is 0.492 e. The summed E-state index contributed by atoms with van der Waals surface area (Å²) in [4.78, 5) is 6.64. The molecular weight excluding hydrogens is 250 g/mol. The summed E-state index contributed by atoms with van der Waals surface area (Å²) in [5.74, 6) is 0.863. The zero-order valence-corrected chi connectivity index (χ0v) is 12.9. The van der Waals surface area contributed by atoms with Gasteiger partial charge in [0.15, 0.2) is 0 Å². The highest BCUT2D eigenvalue weighted by atomic mass is 16.5. The van der Waals surface area contributed by atoms with E-state index in [9.17, 15) is 0 Å². The first kappa shape index (κ1) is 15.1. The van der Waals surface area contributed by atoms with E-state index in [1.54, 1.807) is 6.20 Å². The second-order valence-corrected chi connectivity index (χ2v) is 6.86. The molecule has 1 fully saturated rings. The minimum absolute atomic E-state index is 0.300. The molecule has 0 amide bonds. The molecule has 20 heavy (non-hydrogen) atoms. The van der Waals surface area contributed by atoms with Crippen LogP contribution in [0.5, 0.6) is 5.75 Å².